The first-order valence-corrected chi connectivity index (χ1v) is 11.8. The van der Waals surface area contributed by atoms with Crippen molar-refractivity contribution < 1.29 is 17.9 Å². The summed E-state index contributed by atoms with van der Waals surface area (Å²) in [5.41, 5.74) is 2.35. The predicted molar refractivity (Wildman–Crippen MR) is 125 cm³/mol. The highest BCUT2D eigenvalue weighted by molar-refractivity contribution is 9.11. The number of fused-ring (bicyclic) bond motifs is 1. The van der Waals surface area contributed by atoms with Crippen molar-refractivity contribution in [1.29, 1.82) is 0 Å². The number of nitrogens with zero attached hydrogens (tertiary/aromatic N) is 5. The largest absolute Gasteiger partial charge is 0.479 e. The van der Waals surface area contributed by atoms with E-state index in [-0.39, 0.29) is 5.92 Å². The second kappa shape index (κ2) is 8.72. The summed E-state index contributed by atoms with van der Waals surface area (Å²) in [6, 6.07) is 3.73. The molecule has 0 radical (unpaired) electrons. The number of ether oxygens (including phenoxy) is 1. The van der Waals surface area contributed by atoms with Crippen molar-refractivity contribution in [3.8, 4) is 23.0 Å². The van der Waals surface area contributed by atoms with E-state index in [2.05, 4.69) is 25.9 Å². The van der Waals surface area contributed by atoms with Gasteiger partial charge in [-0.2, -0.15) is 13.2 Å². The van der Waals surface area contributed by atoms with Gasteiger partial charge in [0.1, 0.15) is 17.2 Å². The van der Waals surface area contributed by atoms with Gasteiger partial charge >= 0.3 is 6.18 Å². The minimum absolute atomic E-state index is 0.317. The van der Waals surface area contributed by atoms with E-state index in [4.69, 9.17) is 9.72 Å². The molecule has 2 aliphatic rings. The number of imidazole rings is 2. The lowest BCUT2D eigenvalue weighted by Gasteiger charge is -2.34. The highest BCUT2D eigenvalue weighted by atomic mass is 79.9. The monoisotopic (exact) mass is 533 g/mol. The average Bonchev–Trinajstić information content (AvgIpc) is 3.44. The fourth-order valence-electron chi connectivity index (χ4n) is 4.85. The maximum absolute atomic E-state index is 13.9. The van der Waals surface area contributed by atoms with Gasteiger partial charge in [-0.05, 0) is 44.4 Å². The molecule has 178 valence electrons. The zero-order chi connectivity index (χ0) is 24.0. The summed E-state index contributed by atoms with van der Waals surface area (Å²) >= 11 is 3.21. The zero-order valence-electron chi connectivity index (χ0n) is 18.7. The number of hydrogen-bond acceptors (Lipinski definition) is 4. The van der Waals surface area contributed by atoms with E-state index < -0.39 is 17.7 Å². The molecule has 1 aliphatic carbocycles. The molecule has 5 rings (SSSR count). The molecule has 3 aromatic heterocycles. The highest BCUT2D eigenvalue weighted by Gasteiger charge is 2.44. The van der Waals surface area contributed by atoms with Crippen LogP contribution in [-0.2, 0) is 6.54 Å². The third-order valence-electron chi connectivity index (χ3n) is 6.41. The van der Waals surface area contributed by atoms with Crippen LogP contribution in [0, 0.1) is 12.8 Å². The molecule has 0 amide bonds. The van der Waals surface area contributed by atoms with Crippen molar-refractivity contribution in [2.24, 2.45) is 5.92 Å². The number of aryl methyl sites for hydroxylation is 2. The molecule has 1 aliphatic heterocycles. The molecule has 0 fully saturated rings. The number of rotatable bonds is 4. The van der Waals surface area contributed by atoms with Crippen LogP contribution < -0.4 is 4.74 Å². The molecule has 0 spiro atoms. The Hall–Kier alpha value is -2.88. The van der Waals surface area contributed by atoms with E-state index in [0.29, 0.717) is 40.4 Å². The van der Waals surface area contributed by atoms with Crippen LogP contribution in [0.4, 0.5) is 13.2 Å². The maximum Gasteiger partial charge on any atom is 0.413 e. The Morgan fingerprint density at radius 1 is 1.12 bits per heavy atom. The van der Waals surface area contributed by atoms with Gasteiger partial charge in [0.25, 0.3) is 0 Å². The van der Waals surface area contributed by atoms with Crippen LogP contribution in [0.3, 0.4) is 0 Å². The fraction of sp³-hybridized carbons (Fsp3) is 0.375. The van der Waals surface area contributed by atoms with Gasteiger partial charge in [-0.25, -0.2) is 15.0 Å². The number of halogens is 4. The van der Waals surface area contributed by atoms with E-state index in [1.54, 1.807) is 13.4 Å². The third kappa shape index (κ3) is 4.19. The first-order chi connectivity index (χ1) is 16.2. The number of pyridine rings is 1. The Balaban J connectivity index is 1.50. The van der Waals surface area contributed by atoms with Gasteiger partial charge in [-0.15, -0.1) is 0 Å². The second-order valence-electron chi connectivity index (χ2n) is 8.60. The predicted octanol–water partition coefficient (Wildman–Crippen LogP) is 6.11. The van der Waals surface area contributed by atoms with Gasteiger partial charge in [0.15, 0.2) is 0 Å². The van der Waals surface area contributed by atoms with E-state index in [1.807, 2.05) is 46.7 Å². The van der Waals surface area contributed by atoms with Crippen molar-refractivity contribution in [2.45, 2.75) is 44.8 Å². The molecule has 0 bridgehead atoms. The average molecular weight is 534 g/mol. The summed E-state index contributed by atoms with van der Waals surface area (Å²) in [4.78, 5) is 13.7. The quantitative estimate of drug-likeness (QED) is 0.405. The van der Waals surface area contributed by atoms with Gasteiger partial charge in [-0.3, -0.25) is 0 Å². The molecule has 6 nitrogen and oxygen atoms in total. The number of hydrogen-bond donors (Lipinski definition) is 0. The van der Waals surface area contributed by atoms with Crippen molar-refractivity contribution in [2.75, 3.05) is 7.11 Å². The molecule has 0 aromatic carbocycles. The molecule has 34 heavy (non-hydrogen) atoms. The zero-order valence-corrected chi connectivity index (χ0v) is 20.3. The van der Waals surface area contributed by atoms with E-state index in [1.165, 1.54) is 6.08 Å². The fourth-order valence-corrected chi connectivity index (χ4v) is 5.28. The molecule has 3 aromatic rings. The Kier molecular flexibility index (Phi) is 5.87. The van der Waals surface area contributed by atoms with Crippen molar-refractivity contribution >= 4 is 15.9 Å². The van der Waals surface area contributed by atoms with Gasteiger partial charge in [-0.1, -0.05) is 22.0 Å². The van der Waals surface area contributed by atoms with Crippen LogP contribution in [0.15, 0.2) is 53.1 Å². The number of aromatic nitrogens is 5. The minimum atomic E-state index is -4.38. The SMILES string of the molecule is COc1nc(-c2cn3c(n2)C(C2CC=C(Br)C=C2C(F)(F)F)CCC3)ccc1-n1cnc(C)c1. The first kappa shape index (κ1) is 22.9. The molecular weight excluding hydrogens is 511 g/mol. The molecular formula is C24H23BrF3N5O. The molecule has 0 N–H and O–H groups in total. The van der Waals surface area contributed by atoms with Gasteiger partial charge in [0.05, 0.1) is 24.8 Å². The lowest BCUT2D eigenvalue weighted by molar-refractivity contribution is -0.101. The summed E-state index contributed by atoms with van der Waals surface area (Å²) in [6.45, 7) is 2.62. The Morgan fingerprint density at radius 3 is 2.65 bits per heavy atom. The summed E-state index contributed by atoms with van der Waals surface area (Å²) in [5, 5.41) is 0. The van der Waals surface area contributed by atoms with Crippen molar-refractivity contribution in [3.63, 3.8) is 0 Å². The van der Waals surface area contributed by atoms with Crippen molar-refractivity contribution in [1.82, 2.24) is 24.1 Å². The maximum atomic E-state index is 13.9. The van der Waals surface area contributed by atoms with Crippen LogP contribution in [-0.4, -0.2) is 37.4 Å². The lowest BCUT2D eigenvalue weighted by Crippen LogP contribution is -2.30. The lowest BCUT2D eigenvalue weighted by atomic mass is 9.77. The van der Waals surface area contributed by atoms with Gasteiger partial charge < -0.3 is 13.9 Å². The van der Waals surface area contributed by atoms with Crippen LogP contribution in [0.5, 0.6) is 5.88 Å². The van der Waals surface area contributed by atoms with E-state index in [9.17, 15) is 13.2 Å². The standard InChI is InChI=1S/C24H23BrF3N5O/c1-14-11-33(13-29-14)21-8-7-19(31-23(21)34-2)20-12-32-9-3-4-17(22(32)30-20)16-6-5-15(25)10-18(16)24(26,27)28/h5,7-8,10-13,16-17H,3-4,6,9H2,1-2H3. The van der Waals surface area contributed by atoms with Crippen LogP contribution in [0.25, 0.3) is 17.1 Å². The number of methoxy groups -OCH3 is 1. The molecule has 4 heterocycles. The third-order valence-corrected chi connectivity index (χ3v) is 6.96. The molecule has 10 heteroatoms. The topological polar surface area (TPSA) is 57.8 Å². The summed E-state index contributed by atoms with van der Waals surface area (Å²) in [6.07, 6.45) is 5.88. The van der Waals surface area contributed by atoms with Crippen LogP contribution in [0.2, 0.25) is 0 Å². The Morgan fingerprint density at radius 2 is 1.94 bits per heavy atom. The Labute approximate surface area is 203 Å². The number of alkyl halides is 3. The van der Waals surface area contributed by atoms with E-state index >= 15 is 0 Å². The summed E-state index contributed by atoms with van der Waals surface area (Å²) < 4.78 is 51.4. The second-order valence-corrected chi connectivity index (χ2v) is 9.52. The Bertz CT molecular complexity index is 1290. The molecule has 0 saturated heterocycles. The van der Waals surface area contributed by atoms with Crippen molar-refractivity contribution in [3.05, 3.63) is 64.6 Å². The smallest absolute Gasteiger partial charge is 0.413 e. The first-order valence-electron chi connectivity index (χ1n) is 11.0. The highest BCUT2D eigenvalue weighted by Crippen LogP contribution is 2.47. The molecule has 2 unspecified atom stereocenters. The van der Waals surface area contributed by atoms with Crippen LogP contribution >= 0.6 is 15.9 Å². The minimum Gasteiger partial charge on any atom is -0.479 e. The summed E-state index contributed by atoms with van der Waals surface area (Å²) in [5.74, 6) is 0.122. The molecule has 0 saturated carbocycles. The van der Waals surface area contributed by atoms with E-state index in [0.717, 1.165) is 24.3 Å². The number of allylic oxidation sites excluding steroid dienone is 4. The summed E-state index contributed by atoms with van der Waals surface area (Å²) in [7, 11) is 1.55. The van der Waals surface area contributed by atoms with Crippen LogP contribution in [0.1, 0.15) is 36.7 Å². The van der Waals surface area contributed by atoms with Gasteiger partial charge in [0.2, 0.25) is 5.88 Å². The van der Waals surface area contributed by atoms with Gasteiger partial charge in [0, 0.05) is 40.8 Å². The normalized spacial score (nSPS) is 20.5. The molecule has 2 atom stereocenters.